The van der Waals surface area contributed by atoms with Crippen molar-refractivity contribution in [2.24, 2.45) is 0 Å². The number of halogens is 2. The highest BCUT2D eigenvalue weighted by Crippen LogP contribution is 2.27. The number of ether oxygens (including phenoxy) is 1. The molecule has 0 fully saturated rings. The van der Waals surface area contributed by atoms with Crippen LogP contribution >= 0.6 is 0 Å². The van der Waals surface area contributed by atoms with Crippen LogP contribution in [-0.2, 0) is 11.3 Å². The standard InChI is InChI=1S/C23H15F2N5O3/c1-32-23(31)14-7-5-13(6-8-14)18-9-15(33-29-18)11-30-12-20-19(10-26-30)27-22(28-20)16-3-2-4-17(24)21(16)25/h2-10,12H,11H2,1H3. The molecule has 1 aromatic heterocycles. The Morgan fingerprint density at radius 1 is 1.06 bits per heavy atom. The molecule has 0 radical (unpaired) electrons. The Labute approximate surface area is 185 Å². The van der Waals surface area contributed by atoms with Gasteiger partial charge in [0.25, 0.3) is 0 Å². The highest BCUT2D eigenvalue weighted by Gasteiger charge is 2.18. The maximum Gasteiger partial charge on any atom is 0.337 e. The molecule has 3 aromatic rings. The topological polar surface area (TPSA) is 95.9 Å². The van der Waals surface area contributed by atoms with Crippen molar-refractivity contribution in [2.45, 2.75) is 6.54 Å². The van der Waals surface area contributed by atoms with Crippen molar-refractivity contribution >= 4 is 5.97 Å². The fourth-order valence-corrected chi connectivity index (χ4v) is 3.32. The van der Waals surface area contributed by atoms with Crippen LogP contribution in [0.2, 0.25) is 0 Å². The normalized spacial score (nSPS) is 11.1. The van der Waals surface area contributed by atoms with Gasteiger partial charge in [-0.2, -0.15) is 5.10 Å². The molecular formula is C23H15F2N5O3. The predicted molar refractivity (Wildman–Crippen MR) is 112 cm³/mol. The molecule has 0 atom stereocenters. The maximum atomic E-state index is 14.1. The number of rotatable bonds is 5. The molecule has 0 amide bonds. The molecule has 2 aliphatic heterocycles. The third kappa shape index (κ3) is 3.93. The third-order valence-corrected chi connectivity index (χ3v) is 4.99. The van der Waals surface area contributed by atoms with Gasteiger partial charge in [-0.1, -0.05) is 23.4 Å². The number of imidazole rings is 1. The van der Waals surface area contributed by atoms with Gasteiger partial charge in [0.15, 0.2) is 23.2 Å². The van der Waals surface area contributed by atoms with Gasteiger partial charge in [0.2, 0.25) is 0 Å². The highest BCUT2D eigenvalue weighted by molar-refractivity contribution is 5.89. The van der Waals surface area contributed by atoms with Crippen molar-refractivity contribution < 1.29 is 22.8 Å². The van der Waals surface area contributed by atoms with Gasteiger partial charge in [0.05, 0.1) is 30.6 Å². The third-order valence-electron chi connectivity index (χ3n) is 4.99. The number of aromatic nitrogens is 5. The van der Waals surface area contributed by atoms with Crippen molar-refractivity contribution in [3.05, 3.63) is 83.9 Å². The molecule has 0 N–H and O–H groups in total. The first-order valence-electron chi connectivity index (χ1n) is 9.81. The quantitative estimate of drug-likeness (QED) is 0.372. The molecule has 0 spiro atoms. The maximum absolute atomic E-state index is 14.1. The van der Waals surface area contributed by atoms with Crippen molar-refractivity contribution in [2.75, 3.05) is 7.11 Å². The van der Waals surface area contributed by atoms with Gasteiger partial charge in [0, 0.05) is 11.6 Å². The molecule has 2 aromatic carbocycles. The SMILES string of the molecule is COC(=O)c1ccc(-c2cc(Cn3cc4nc(-c5cccc(F)c5F)nc-4cn3)on2)cc1. The first kappa shape index (κ1) is 20.4. The average molecular weight is 447 g/mol. The Morgan fingerprint density at radius 2 is 1.85 bits per heavy atom. The van der Waals surface area contributed by atoms with Crippen LogP contribution in [0.5, 0.6) is 0 Å². The van der Waals surface area contributed by atoms with E-state index in [0.29, 0.717) is 28.4 Å². The lowest BCUT2D eigenvalue weighted by Crippen LogP contribution is -2.04. The van der Waals surface area contributed by atoms with Gasteiger partial charge in [-0.05, 0) is 24.3 Å². The fourth-order valence-electron chi connectivity index (χ4n) is 3.32. The van der Waals surface area contributed by atoms with Gasteiger partial charge in [-0.3, -0.25) is 4.68 Å². The average Bonchev–Trinajstić information content (AvgIpc) is 3.47. The molecule has 3 heterocycles. The second kappa shape index (κ2) is 8.23. The number of benzene rings is 2. The van der Waals surface area contributed by atoms with Crippen molar-refractivity contribution in [3.63, 3.8) is 0 Å². The van der Waals surface area contributed by atoms with Gasteiger partial charge in [-0.25, -0.2) is 23.5 Å². The molecule has 5 rings (SSSR count). The van der Waals surface area contributed by atoms with E-state index in [4.69, 9.17) is 9.26 Å². The molecular weight excluding hydrogens is 432 g/mol. The zero-order chi connectivity index (χ0) is 22.9. The molecule has 0 aliphatic carbocycles. The summed E-state index contributed by atoms with van der Waals surface area (Å²) in [5, 5.41) is 8.34. The van der Waals surface area contributed by atoms with Crippen LogP contribution in [0.4, 0.5) is 8.78 Å². The summed E-state index contributed by atoms with van der Waals surface area (Å²) >= 11 is 0. The van der Waals surface area contributed by atoms with Gasteiger partial charge in [0.1, 0.15) is 23.6 Å². The fraction of sp³-hybridized carbons (Fsp3) is 0.0870. The molecule has 10 heteroatoms. The zero-order valence-corrected chi connectivity index (χ0v) is 17.2. The Bertz CT molecular complexity index is 1430. The van der Waals surface area contributed by atoms with E-state index in [-0.39, 0.29) is 17.9 Å². The van der Waals surface area contributed by atoms with Crippen LogP contribution in [0, 0.1) is 11.6 Å². The zero-order valence-electron chi connectivity index (χ0n) is 17.2. The van der Waals surface area contributed by atoms with E-state index >= 15 is 0 Å². The predicted octanol–water partition coefficient (Wildman–Crippen LogP) is 4.21. The molecule has 33 heavy (non-hydrogen) atoms. The number of fused-ring (bicyclic) bond motifs is 1. The Balaban J connectivity index is 1.37. The first-order chi connectivity index (χ1) is 16.0. The number of methoxy groups -OCH3 is 1. The molecule has 2 aliphatic rings. The second-order valence-corrected chi connectivity index (χ2v) is 7.14. The second-order valence-electron chi connectivity index (χ2n) is 7.14. The van der Waals surface area contributed by atoms with E-state index in [1.54, 1.807) is 41.2 Å². The van der Waals surface area contributed by atoms with Gasteiger partial charge in [-0.15, -0.1) is 0 Å². The highest BCUT2D eigenvalue weighted by atomic mass is 19.2. The largest absolute Gasteiger partial charge is 0.465 e. The summed E-state index contributed by atoms with van der Waals surface area (Å²) in [7, 11) is 1.32. The van der Waals surface area contributed by atoms with Crippen molar-refractivity contribution in [1.29, 1.82) is 0 Å². The van der Waals surface area contributed by atoms with Crippen molar-refractivity contribution in [1.82, 2.24) is 24.9 Å². The lowest BCUT2D eigenvalue weighted by atomic mass is 10.1. The van der Waals surface area contributed by atoms with Crippen LogP contribution < -0.4 is 0 Å². The Kier molecular flexibility index (Phi) is 5.09. The lowest BCUT2D eigenvalue weighted by molar-refractivity contribution is 0.0600. The Morgan fingerprint density at radius 3 is 2.64 bits per heavy atom. The molecule has 0 saturated heterocycles. The minimum absolute atomic E-state index is 0.0177. The van der Waals surface area contributed by atoms with E-state index in [2.05, 4.69) is 20.2 Å². The molecule has 0 saturated carbocycles. The minimum atomic E-state index is -0.998. The number of hydrogen-bond acceptors (Lipinski definition) is 7. The van der Waals surface area contributed by atoms with Crippen LogP contribution in [0.3, 0.4) is 0 Å². The Hall–Kier alpha value is -4.47. The summed E-state index contributed by atoms with van der Waals surface area (Å²) in [4.78, 5) is 20.1. The van der Waals surface area contributed by atoms with Crippen LogP contribution in [-0.4, -0.2) is 38.0 Å². The summed E-state index contributed by atoms with van der Waals surface area (Å²) in [6.45, 7) is 0.264. The number of carbonyl (C=O) groups is 1. The van der Waals surface area contributed by atoms with Crippen LogP contribution in [0.1, 0.15) is 16.1 Å². The van der Waals surface area contributed by atoms with Crippen LogP contribution in [0.25, 0.3) is 34.0 Å². The summed E-state index contributed by atoms with van der Waals surface area (Å²) in [6.07, 6.45) is 3.13. The molecule has 164 valence electrons. The number of esters is 1. The summed E-state index contributed by atoms with van der Waals surface area (Å²) in [6, 6.07) is 12.4. The van der Waals surface area contributed by atoms with E-state index in [0.717, 1.165) is 11.6 Å². The van der Waals surface area contributed by atoms with Crippen molar-refractivity contribution in [3.8, 4) is 34.0 Å². The van der Waals surface area contributed by atoms with E-state index in [1.165, 1.54) is 25.4 Å². The number of nitrogens with zero attached hydrogens (tertiary/aromatic N) is 5. The number of carbonyl (C=O) groups excluding carboxylic acids is 1. The van der Waals surface area contributed by atoms with E-state index in [1.807, 2.05) is 0 Å². The number of hydrogen-bond donors (Lipinski definition) is 0. The van der Waals surface area contributed by atoms with Crippen LogP contribution in [0.15, 0.2) is 65.4 Å². The summed E-state index contributed by atoms with van der Waals surface area (Å²) in [5.41, 5.74) is 2.72. The minimum Gasteiger partial charge on any atom is -0.465 e. The smallest absolute Gasteiger partial charge is 0.337 e. The molecule has 0 bridgehead atoms. The van der Waals surface area contributed by atoms with E-state index < -0.39 is 17.6 Å². The van der Waals surface area contributed by atoms with Gasteiger partial charge >= 0.3 is 5.97 Å². The summed E-state index contributed by atoms with van der Waals surface area (Å²) < 4.78 is 39.3. The van der Waals surface area contributed by atoms with Gasteiger partial charge < -0.3 is 9.26 Å². The summed E-state index contributed by atoms with van der Waals surface area (Å²) in [5.74, 6) is -1.76. The molecule has 8 nitrogen and oxygen atoms in total. The van der Waals surface area contributed by atoms with E-state index in [9.17, 15) is 13.6 Å². The monoisotopic (exact) mass is 447 g/mol. The first-order valence-corrected chi connectivity index (χ1v) is 9.81. The molecule has 0 unspecified atom stereocenters. The lowest BCUT2D eigenvalue weighted by Gasteiger charge is -2.03.